The van der Waals surface area contributed by atoms with Gasteiger partial charge in [0.15, 0.2) is 0 Å². The number of hydrogen-bond donors (Lipinski definition) is 1. The van der Waals surface area contributed by atoms with Gasteiger partial charge < -0.3 is 5.32 Å². The molecule has 1 aromatic carbocycles. The molecule has 1 saturated heterocycles. The Hall–Kier alpha value is -2.68. The molecular weight excluding hydrogens is 322 g/mol. The van der Waals surface area contributed by atoms with Gasteiger partial charge in [-0.05, 0) is 12.1 Å². The largest absolute Gasteiger partial charge is 0.326 e. The maximum atomic E-state index is 12.0. The van der Waals surface area contributed by atoms with Crippen LogP contribution in [0.1, 0.15) is 6.42 Å². The minimum Gasteiger partial charge on any atom is -0.326 e. The summed E-state index contributed by atoms with van der Waals surface area (Å²) in [5.41, 5.74) is 0.292. The third-order valence-electron chi connectivity index (χ3n) is 3.05. The zero-order valence-electron chi connectivity index (χ0n) is 11.9. The fourth-order valence-corrected chi connectivity index (χ4v) is 2.97. The molecule has 23 heavy (non-hydrogen) atoms. The van der Waals surface area contributed by atoms with Crippen molar-refractivity contribution in [1.82, 2.24) is 4.90 Å². The maximum Gasteiger partial charge on any atom is 0.289 e. The number of amides is 3. The summed E-state index contributed by atoms with van der Waals surface area (Å²) in [5.74, 6) is -0.864. The molecule has 2 rings (SSSR count). The molecule has 1 aliphatic heterocycles. The van der Waals surface area contributed by atoms with Crippen molar-refractivity contribution in [1.29, 1.82) is 0 Å². The van der Waals surface area contributed by atoms with E-state index in [0.717, 1.165) is 16.7 Å². The summed E-state index contributed by atoms with van der Waals surface area (Å²) < 4.78 is 0. The van der Waals surface area contributed by atoms with Crippen molar-refractivity contribution in [2.75, 3.05) is 11.9 Å². The van der Waals surface area contributed by atoms with Gasteiger partial charge in [-0.25, -0.2) is 0 Å². The number of anilines is 1. The van der Waals surface area contributed by atoms with Crippen molar-refractivity contribution in [3.63, 3.8) is 0 Å². The van der Waals surface area contributed by atoms with Gasteiger partial charge in [-0.2, -0.15) is 0 Å². The van der Waals surface area contributed by atoms with Gasteiger partial charge in [-0.1, -0.05) is 17.8 Å². The molecule has 8 nitrogen and oxygen atoms in total. The molecule has 0 aromatic heterocycles. The third kappa shape index (κ3) is 3.95. The highest BCUT2D eigenvalue weighted by Crippen LogP contribution is 2.29. The zero-order chi connectivity index (χ0) is 17.0. The average molecular weight is 335 g/mol. The van der Waals surface area contributed by atoms with Crippen molar-refractivity contribution in [2.45, 2.75) is 11.7 Å². The normalized spacial score (nSPS) is 17.2. The Balaban J connectivity index is 1.94. The van der Waals surface area contributed by atoms with Crippen LogP contribution >= 0.6 is 11.8 Å². The van der Waals surface area contributed by atoms with E-state index in [4.69, 9.17) is 0 Å². The summed E-state index contributed by atoms with van der Waals surface area (Å²) in [6, 6.07) is 5.32. The molecule has 9 heteroatoms. The first-order valence-electron chi connectivity index (χ1n) is 6.59. The Morgan fingerprint density at radius 1 is 1.39 bits per heavy atom. The Morgan fingerprint density at radius 3 is 2.61 bits per heavy atom. The predicted molar refractivity (Wildman–Crippen MR) is 85.0 cm³/mol. The Labute approximate surface area is 135 Å². The van der Waals surface area contributed by atoms with Gasteiger partial charge >= 0.3 is 0 Å². The SMILES string of the molecule is C=CCN1C(=O)SC(CC(=O)Nc2ccc([N+](=O)[O-])cc2)C1=O. The van der Waals surface area contributed by atoms with Crippen molar-refractivity contribution < 1.29 is 19.3 Å². The first kappa shape index (κ1) is 16.7. The lowest BCUT2D eigenvalue weighted by Gasteiger charge is -2.11. The Morgan fingerprint density at radius 2 is 2.04 bits per heavy atom. The van der Waals surface area contributed by atoms with Crippen LogP contribution in [-0.4, -0.2) is 38.7 Å². The number of imide groups is 1. The van der Waals surface area contributed by atoms with Gasteiger partial charge in [0.25, 0.3) is 10.9 Å². The first-order chi connectivity index (χ1) is 10.9. The molecule has 0 bridgehead atoms. The van der Waals surface area contributed by atoms with Crippen LogP contribution in [0, 0.1) is 10.1 Å². The molecular formula is C14H13N3O5S. The topological polar surface area (TPSA) is 110 Å². The van der Waals surface area contributed by atoms with E-state index in [0.29, 0.717) is 5.69 Å². The molecule has 0 spiro atoms. The van der Waals surface area contributed by atoms with Gasteiger partial charge in [-0.3, -0.25) is 29.4 Å². The van der Waals surface area contributed by atoms with Crippen LogP contribution in [-0.2, 0) is 9.59 Å². The average Bonchev–Trinajstić information content (AvgIpc) is 2.75. The van der Waals surface area contributed by atoms with E-state index in [9.17, 15) is 24.5 Å². The number of nitro groups is 1. The van der Waals surface area contributed by atoms with E-state index in [2.05, 4.69) is 11.9 Å². The van der Waals surface area contributed by atoms with Crippen LogP contribution in [0.4, 0.5) is 16.2 Å². The molecule has 1 fully saturated rings. The summed E-state index contributed by atoms with van der Waals surface area (Å²) in [6.45, 7) is 3.59. The zero-order valence-corrected chi connectivity index (χ0v) is 12.7. The Kier molecular flexibility index (Phi) is 5.12. The van der Waals surface area contributed by atoms with E-state index >= 15 is 0 Å². The number of nitrogens with zero attached hydrogens (tertiary/aromatic N) is 2. The highest BCUT2D eigenvalue weighted by atomic mass is 32.2. The number of carbonyl (C=O) groups is 3. The molecule has 1 N–H and O–H groups in total. The summed E-state index contributed by atoms with van der Waals surface area (Å²) in [4.78, 5) is 46.6. The molecule has 1 unspecified atom stereocenters. The van der Waals surface area contributed by atoms with Crippen molar-refractivity contribution in [3.05, 3.63) is 47.0 Å². The fourth-order valence-electron chi connectivity index (χ4n) is 1.97. The monoisotopic (exact) mass is 335 g/mol. The van der Waals surface area contributed by atoms with Gasteiger partial charge in [0, 0.05) is 30.8 Å². The first-order valence-corrected chi connectivity index (χ1v) is 7.47. The second-order valence-electron chi connectivity index (χ2n) is 4.67. The van der Waals surface area contributed by atoms with Crippen molar-refractivity contribution in [2.24, 2.45) is 0 Å². The van der Waals surface area contributed by atoms with Gasteiger partial charge in [0.05, 0.1) is 4.92 Å². The lowest BCUT2D eigenvalue weighted by molar-refractivity contribution is -0.384. The molecule has 0 radical (unpaired) electrons. The number of non-ortho nitro benzene ring substituents is 1. The second kappa shape index (κ2) is 7.05. The van der Waals surface area contributed by atoms with Crippen LogP contribution in [0.5, 0.6) is 0 Å². The number of hydrogen-bond acceptors (Lipinski definition) is 6. The van der Waals surface area contributed by atoms with Crippen LogP contribution in [0.3, 0.4) is 0 Å². The Bertz CT molecular complexity index is 673. The van der Waals surface area contributed by atoms with Crippen LogP contribution in [0.25, 0.3) is 0 Å². The molecule has 1 atom stereocenters. The highest BCUT2D eigenvalue weighted by Gasteiger charge is 2.39. The van der Waals surface area contributed by atoms with E-state index in [1.807, 2.05) is 0 Å². The highest BCUT2D eigenvalue weighted by molar-refractivity contribution is 8.15. The van der Waals surface area contributed by atoms with E-state index < -0.39 is 27.2 Å². The number of nitro benzene ring substituents is 1. The number of carbonyl (C=O) groups excluding carboxylic acids is 3. The molecule has 1 heterocycles. The van der Waals surface area contributed by atoms with E-state index in [-0.39, 0.29) is 18.7 Å². The number of rotatable bonds is 6. The number of nitrogens with one attached hydrogen (secondary N) is 1. The van der Waals surface area contributed by atoms with Gasteiger partial charge in [0.1, 0.15) is 5.25 Å². The minimum atomic E-state index is -0.763. The molecule has 3 amide bonds. The lowest BCUT2D eigenvalue weighted by atomic mass is 10.2. The lowest BCUT2D eigenvalue weighted by Crippen LogP contribution is -2.33. The summed E-state index contributed by atoms with van der Waals surface area (Å²) in [7, 11) is 0. The van der Waals surface area contributed by atoms with Crippen LogP contribution in [0.15, 0.2) is 36.9 Å². The summed E-state index contributed by atoms with van der Waals surface area (Å²) in [6.07, 6.45) is 1.29. The van der Waals surface area contributed by atoms with E-state index in [1.165, 1.54) is 30.3 Å². The van der Waals surface area contributed by atoms with Crippen molar-refractivity contribution >= 4 is 40.2 Å². The minimum absolute atomic E-state index is 0.0878. The molecule has 120 valence electrons. The van der Waals surface area contributed by atoms with E-state index in [1.54, 1.807) is 0 Å². The van der Waals surface area contributed by atoms with Crippen LogP contribution < -0.4 is 5.32 Å². The maximum absolute atomic E-state index is 12.0. The third-order valence-corrected chi connectivity index (χ3v) is 4.12. The number of benzene rings is 1. The number of thioether (sulfide) groups is 1. The predicted octanol–water partition coefficient (Wildman–Crippen LogP) is 2.17. The molecule has 0 saturated carbocycles. The summed E-state index contributed by atoms with van der Waals surface area (Å²) >= 11 is 0.806. The van der Waals surface area contributed by atoms with Crippen LogP contribution in [0.2, 0.25) is 0 Å². The molecule has 1 aliphatic rings. The second-order valence-corrected chi connectivity index (χ2v) is 5.82. The standard InChI is InChI=1S/C14H13N3O5S/c1-2-7-16-13(19)11(23-14(16)20)8-12(18)15-9-3-5-10(6-4-9)17(21)22/h2-6,11H,1,7-8H2,(H,15,18). The fraction of sp³-hybridized carbons (Fsp3) is 0.214. The smallest absolute Gasteiger partial charge is 0.289 e. The van der Waals surface area contributed by atoms with Gasteiger partial charge in [0.2, 0.25) is 11.8 Å². The van der Waals surface area contributed by atoms with Gasteiger partial charge in [-0.15, -0.1) is 6.58 Å². The summed E-state index contributed by atoms with van der Waals surface area (Å²) in [5, 5.41) is 11.9. The molecule has 0 aliphatic carbocycles. The molecule has 1 aromatic rings. The van der Waals surface area contributed by atoms with Crippen molar-refractivity contribution in [3.8, 4) is 0 Å². The quantitative estimate of drug-likeness (QED) is 0.485.